The molecule has 0 fully saturated rings. The van der Waals surface area contributed by atoms with Gasteiger partial charge in [0.25, 0.3) is 0 Å². The van der Waals surface area contributed by atoms with E-state index in [9.17, 15) is 13.0 Å². The smallest absolute Gasteiger partial charge is 0.202 e. The Labute approximate surface area is 164 Å². The first kappa shape index (κ1) is 19.9. The number of benzene rings is 2. The molecule has 1 N–H and O–H groups in total. The molecule has 4 aromatic rings. The van der Waals surface area contributed by atoms with Crippen LogP contribution < -0.4 is 9.30 Å². The average Bonchev–Trinajstić information content (AvgIpc) is 3.03. The van der Waals surface area contributed by atoms with E-state index in [1.54, 1.807) is 19.2 Å². The number of aromatic amines is 1. The van der Waals surface area contributed by atoms with Crippen molar-refractivity contribution in [1.29, 1.82) is 0 Å². The maximum atomic E-state index is 10.4. The van der Waals surface area contributed by atoms with Crippen LogP contribution in [0.2, 0.25) is 0 Å². The third-order valence-electron chi connectivity index (χ3n) is 4.71. The zero-order chi connectivity index (χ0) is 20.5. The van der Waals surface area contributed by atoms with Crippen LogP contribution in [-0.2, 0) is 17.2 Å². The van der Waals surface area contributed by atoms with Crippen molar-refractivity contribution in [2.75, 3.05) is 7.11 Å². The van der Waals surface area contributed by atoms with E-state index >= 15 is 0 Å². The van der Waals surface area contributed by atoms with E-state index in [2.05, 4.69) is 41.9 Å². The van der Waals surface area contributed by atoms with E-state index in [0.717, 1.165) is 16.8 Å². The molecule has 0 aliphatic carbocycles. The normalized spacial score (nSPS) is 11.3. The van der Waals surface area contributed by atoms with Crippen LogP contribution in [0.25, 0.3) is 21.8 Å². The molecule has 0 saturated carbocycles. The summed E-state index contributed by atoms with van der Waals surface area (Å²) < 4.78 is 38.5. The lowest BCUT2D eigenvalue weighted by Gasteiger charge is -2.05. The zero-order valence-electron chi connectivity index (χ0n) is 16.2. The molecule has 0 unspecified atom stereocenters. The minimum atomic E-state index is -4.27. The summed E-state index contributed by atoms with van der Waals surface area (Å²) in [6.07, 6.45) is 2.09. The number of pyridine rings is 1. The number of aryl methyl sites for hydroxylation is 3. The van der Waals surface area contributed by atoms with Gasteiger partial charge in [0.15, 0.2) is 6.20 Å². The molecule has 0 saturated heterocycles. The van der Waals surface area contributed by atoms with Crippen LogP contribution in [0.1, 0.15) is 11.3 Å². The van der Waals surface area contributed by atoms with Gasteiger partial charge in [-0.15, -0.1) is 0 Å². The SMILES string of the molecule is COc1ccc2c(c1)[nH]c1c(C)[n+](C)ccc12.Cc1ccc(S(=O)(=O)[O-])cc1. The molecule has 7 heteroatoms. The number of fused-ring (bicyclic) bond motifs is 3. The highest BCUT2D eigenvalue weighted by Crippen LogP contribution is 2.28. The van der Waals surface area contributed by atoms with Gasteiger partial charge in [-0.2, -0.15) is 0 Å². The Bertz CT molecular complexity index is 1240. The summed E-state index contributed by atoms with van der Waals surface area (Å²) in [6, 6.07) is 14.1. The fourth-order valence-electron chi connectivity index (χ4n) is 2.96. The standard InChI is InChI=1S/C14H14N2O.C7H8O3S/c1-9-14-12(6-7-16(9)2)11-5-4-10(17-3)8-13(11)15-14;1-6-2-4-7(5-3-6)11(8,9)10/h4-8H,1-3H3;2-5H,1H3,(H,8,9,10). The van der Waals surface area contributed by atoms with Crippen molar-refractivity contribution < 1.29 is 22.3 Å². The maximum Gasteiger partial charge on any atom is 0.202 e. The Morgan fingerprint density at radius 2 is 1.68 bits per heavy atom. The summed E-state index contributed by atoms with van der Waals surface area (Å²) in [4.78, 5) is 3.28. The topological polar surface area (TPSA) is 86.1 Å². The van der Waals surface area contributed by atoms with Gasteiger partial charge in [0.05, 0.1) is 17.5 Å². The van der Waals surface area contributed by atoms with E-state index in [-0.39, 0.29) is 4.90 Å². The number of H-pyrrole nitrogens is 1. The molecule has 28 heavy (non-hydrogen) atoms. The Balaban J connectivity index is 0.000000178. The molecule has 146 valence electrons. The molecule has 0 aliphatic heterocycles. The van der Waals surface area contributed by atoms with Crippen LogP contribution in [0.15, 0.2) is 59.6 Å². The number of rotatable bonds is 2. The monoisotopic (exact) mass is 398 g/mol. The van der Waals surface area contributed by atoms with Gasteiger partial charge in [-0.1, -0.05) is 17.7 Å². The van der Waals surface area contributed by atoms with E-state index in [1.807, 2.05) is 19.1 Å². The van der Waals surface area contributed by atoms with E-state index in [0.29, 0.717) is 0 Å². The minimum absolute atomic E-state index is 0.178. The van der Waals surface area contributed by atoms with Crippen molar-refractivity contribution in [3.8, 4) is 5.75 Å². The molecule has 0 amide bonds. The van der Waals surface area contributed by atoms with Crippen molar-refractivity contribution >= 4 is 31.9 Å². The molecule has 0 aliphatic rings. The van der Waals surface area contributed by atoms with Crippen molar-refractivity contribution in [2.24, 2.45) is 7.05 Å². The van der Waals surface area contributed by atoms with Gasteiger partial charge >= 0.3 is 0 Å². The molecular weight excluding hydrogens is 376 g/mol. The second-order valence-corrected chi connectivity index (χ2v) is 7.98. The molecule has 0 atom stereocenters. The minimum Gasteiger partial charge on any atom is -0.744 e. The lowest BCUT2D eigenvalue weighted by atomic mass is 10.1. The molecule has 2 heterocycles. The van der Waals surface area contributed by atoms with Crippen LogP contribution in [0.4, 0.5) is 0 Å². The fraction of sp³-hybridized carbons (Fsp3) is 0.190. The predicted octanol–water partition coefficient (Wildman–Crippen LogP) is 3.36. The second kappa shape index (κ2) is 7.61. The van der Waals surface area contributed by atoms with Crippen LogP contribution in [0.5, 0.6) is 5.75 Å². The highest BCUT2D eigenvalue weighted by atomic mass is 32.2. The molecule has 2 aromatic carbocycles. The van der Waals surface area contributed by atoms with Crippen molar-refractivity contribution in [2.45, 2.75) is 18.7 Å². The molecule has 6 nitrogen and oxygen atoms in total. The molecule has 0 bridgehead atoms. The predicted molar refractivity (Wildman–Crippen MR) is 107 cm³/mol. The van der Waals surface area contributed by atoms with Gasteiger partial charge < -0.3 is 14.3 Å². The largest absolute Gasteiger partial charge is 0.744 e. The summed E-state index contributed by atoms with van der Waals surface area (Å²) >= 11 is 0. The average molecular weight is 398 g/mol. The van der Waals surface area contributed by atoms with E-state index in [1.165, 1.54) is 34.1 Å². The van der Waals surface area contributed by atoms with Gasteiger partial charge in [0.1, 0.15) is 28.4 Å². The molecule has 0 spiro atoms. The van der Waals surface area contributed by atoms with Crippen LogP contribution >= 0.6 is 0 Å². The molecular formula is C21H22N2O4S. The van der Waals surface area contributed by atoms with Crippen LogP contribution in [0.3, 0.4) is 0 Å². The number of nitrogens with zero attached hydrogens (tertiary/aromatic N) is 1. The summed E-state index contributed by atoms with van der Waals surface area (Å²) in [7, 11) is -0.524. The summed E-state index contributed by atoms with van der Waals surface area (Å²) in [5.74, 6) is 0.881. The highest BCUT2D eigenvalue weighted by Gasteiger charge is 2.12. The summed E-state index contributed by atoms with van der Waals surface area (Å²) in [5, 5.41) is 2.50. The van der Waals surface area contributed by atoms with Gasteiger partial charge in [-0.05, 0) is 31.2 Å². The van der Waals surface area contributed by atoms with E-state index in [4.69, 9.17) is 4.74 Å². The molecule has 2 aromatic heterocycles. The Kier molecular flexibility index (Phi) is 5.40. The first-order valence-corrected chi connectivity index (χ1v) is 10.1. The highest BCUT2D eigenvalue weighted by molar-refractivity contribution is 7.85. The van der Waals surface area contributed by atoms with Gasteiger partial charge in [-0.3, -0.25) is 0 Å². The number of methoxy groups -OCH3 is 1. The fourth-order valence-corrected chi connectivity index (χ4v) is 3.43. The lowest BCUT2D eigenvalue weighted by molar-refractivity contribution is -0.676. The van der Waals surface area contributed by atoms with Crippen LogP contribution in [-0.4, -0.2) is 25.1 Å². The Hall–Kier alpha value is -2.90. The third-order valence-corrected chi connectivity index (χ3v) is 5.56. The zero-order valence-corrected chi connectivity index (χ0v) is 17.0. The van der Waals surface area contributed by atoms with Gasteiger partial charge in [-0.25, -0.2) is 13.0 Å². The summed E-state index contributed by atoms with van der Waals surface area (Å²) in [6.45, 7) is 3.94. The van der Waals surface area contributed by atoms with Crippen molar-refractivity contribution in [3.63, 3.8) is 0 Å². The van der Waals surface area contributed by atoms with Gasteiger partial charge in [0.2, 0.25) is 5.69 Å². The number of hydrogen-bond donors (Lipinski definition) is 1. The number of nitrogens with one attached hydrogen (secondary N) is 1. The Morgan fingerprint density at radius 3 is 2.29 bits per heavy atom. The number of hydrogen-bond acceptors (Lipinski definition) is 4. The second-order valence-electron chi connectivity index (χ2n) is 6.60. The van der Waals surface area contributed by atoms with Gasteiger partial charge in [0, 0.05) is 29.8 Å². The quantitative estimate of drug-likeness (QED) is 0.414. The maximum absolute atomic E-state index is 10.4. The Morgan fingerprint density at radius 1 is 1.00 bits per heavy atom. The first-order valence-electron chi connectivity index (χ1n) is 8.68. The van der Waals surface area contributed by atoms with Crippen molar-refractivity contribution in [1.82, 2.24) is 4.98 Å². The number of aromatic nitrogens is 2. The molecule has 4 rings (SSSR count). The van der Waals surface area contributed by atoms with Crippen molar-refractivity contribution in [3.05, 3.63) is 66.0 Å². The third kappa shape index (κ3) is 4.00. The number of ether oxygens (including phenoxy) is 1. The summed E-state index contributed by atoms with van der Waals surface area (Å²) in [5.41, 5.74) is 4.47. The van der Waals surface area contributed by atoms with Crippen LogP contribution in [0, 0.1) is 13.8 Å². The molecule has 0 radical (unpaired) electrons. The lowest BCUT2D eigenvalue weighted by Crippen LogP contribution is -2.31. The first-order chi connectivity index (χ1) is 13.2. The van der Waals surface area contributed by atoms with E-state index < -0.39 is 10.1 Å².